The van der Waals surface area contributed by atoms with Crippen molar-refractivity contribution in [2.75, 3.05) is 11.9 Å². The molecule has 0 spiro atoms. The minimum atomic E-state index is -0.202. The fourth-order valence-electron chi connectivity index (χ4n) is 2.97. The Morgan fingerprint density at radius 1 is 1.31 bits per heavy atom. The zero-order valence-corrected chi connectivity index (χ0v) is 17.2. The van der Waals surface area contributed by atoms with Gasteiger partial charge in [-0.3, -0.25) is 4.79 Å². The summed E-state index contributed by atoms with van der Waals surface area (Å²) in [4.78, 5) is 13.1. The van der Waals surface area contributed by atoms with E-state index in [9.17, 15) is 4.79 Å². The van der Waals surface area contributed by atoms with Gasteiger partial charge in [-0.2, -0.15) is 0 Å². The maximum absolute atomic E-state index is 12.4. The van der Waals surface area contributed by atoms with Crippen LogP contribution in [-0.4, -0.2) is 18.0 Å². The topological polar surface area (TPSA) is 50.4 Å². The number of anilines is 1. The monoisotopic (exact) mass is 404 g/mol. The number of ether oxygens (including phenoxy) is 1. The Morgan fingerprint density at radius 3 is 2.79 bits per heavy atom. The predicted molar refractivity (Wildman–Crippen MR) is 122 cm³/mol. The van der Waals surface area contributed by atoms with Crippen molar-refractivity contribution in [2.24, 2.45) is 0 Å². The summed E-state index contributed by atoms with van der Waals surface area (Å²) in [5, 5.41) is 6.30. The van der Waals surface area contributed by atoms with Crippen molar-refractivity contribution in [1.29, 1.82) is 0 Å². The minimum absolute atomic E-state index is 0.0874. The van der Waals surface area contributed by atoms with Crippen molar-refractivity contribution < 1.29 is 9.53 Å². The first-order chi connectivity index (χ1) is 14.1. The Bertz CT molecular complexity index is 958. The van der Waals surface area contributed by atoms with Gasteiger partial charge in [0.2, 0.25) is 0 Å². The molecule has 1 fully saturated rings. The van der Waals surface area contributed by atoms with Crippen molar-refractivity contribution in [2.45, 2.75) is 25.3 Å². The molecule has 5 heteroatoms. The van der Waals surface area contributed by atoms with Gasteiger partial charge in [-0.15, -0.1) is 13.0 Å². The molecule has 0 aromatic heterocycles. The number of hydrogen-bond donors (Lipinski definition) is 2. The van der Waals surface area contributed by atoms with E-state index in [1.807, 2.05) is 42.5 Å². The molecular formula is C24H24N2O2S. The van der Waals surface area contributed by atoms with Crippen molar-refractivity contribution in [3.63, 3.8) is 0 Å². The normalized spacial score (nSPS) is 16.9. The van der Waals surface area contributed by atoms with E-state index in [4.69, 9.17) is 11.2 Å². The molecule has 2 aromatic rings. The highest BCUT2D eigenvalue weighted by Crippen LogP contribution is 2.31. The van der Waals surface area contributed by atoms with Crippen molar-refractivity contribution in [3.8, 4) is 18.1 Å². The van der Waals surface area contributed by atoms with E-state index >= 15 is 0 Å². The molecule has 1 amide bonds. The first kappa shape index (κ1) is 20.6. The van der Waals surface area contributed by atoms with Crippen LogP contribution >= 0.6 is 11.8 Å². The van der Waals surface area contributed by atoms with Crippen LogP contribution in [0, 0.1) is 12.3 Å². The fraction of sp³-hybridized carbons (Fsp3) is 0.208. The molecule has 148 valence electrons. The molecule has 0 unspecified atom stereocenters. The predicted octanol–water partition coefficient (Wildman–Crippen LogP) is 4.59. The van der Waals surface area contributed by atoms with Crippen molar-refractivity contribution >= 4 is 29.4 Å². The first-order valence-corrected chi connectivity index (χ1v) is 10.4. The molecule has 1 heterocycles. The molecule has 1 aliphatic heterocycles. The number of benzene rings is 2. The second-order valence-electron chi connectivity index (χ2n) is 6.53. The quantitative estimate of drug-likeness (QED) is 0.384. The Hall–Kier alpha value is -3.10. The van der Waals surface area contributed by atoms with Crippen molar-refractivity contribution in [3.05, 3.63) is 76.7 Å². The number of terminal acetylenes is 1. The van der Waals surface area contributed by atoms with Crippen LogP contribution in [0.1, 0.15) is 23.6 Å². The average molecular weight is 405 g/mol. The molecule has 0 aliphatic carbocycles. The number of hydrogen-bond acceptors (Lipinski definition) is 4. The van der Waals surface area contributed by atoms with E-state index in [-0.39, 0.29) is 18.0 Å². The third-order valence-corrected chi connectivity index (χ3v) is 5.48. The Kier molecular flexibility index (Phi) is 7.04. The SMILES string of the molecule is C#CCOc1ccc(/C=C2\S[C@H](Nc3ccc(CC)cc3)NC2=O)cc1CC=C. The lowest BCUT2D eigenvalue weighted by molar-refractivity contribution is -0.116. The zero-order chi connectivity index (χ0) is 20.6. The molecule has 3 rings (SSSR count). The lowest BCUT2D eigenvalue weighted by Crippen LogP contribution is -2.30. The van der Waals surface area contributed by atoms with E-state index in [1.54, 1.807) is 0 Å². The maximum atomic E-state index is 12.4. The summed E-state index contributed by atoms with van der Waals surface area (Å²) < 4.78 is 5.59. The van der Waals surface area contributed by atoms with Gasteiger partial charge in [0.15, 0.2) is 5.50 Å². The third kappa shape index (κ3) is 5.46. The highest BCUT2D eigenvalue weighted by molar-refractivity contribution is 8.05. The van der Waals surface area contributed by atoms with Gasteiger partial charge in [0.05, 0.1) is 4.91 Å². The van der Waals surface area contributed by atoms with Crippen LogP contribution in [0.3, 0.4) is 0 Å². The molecule has 0 saturated carbocycles. The Morgan fingerprint density at radius 2 is 2.10 bits per heavy atom. The molecular weight excluding hydrogens is 380 g/mol. The summed E-state index contributed by atoms with van der Waals surface area (Å²) in [5.41, 5.74) is 3.97. The number of aryl methyl sites for hydroxylation is 1. The van der Waals surface area contributed by atoms with Gasteiger partial charge < -0.3 is 15.4 Å². The van der Waals surface area contributed by atoms with Crippen LogP contribution in [-0.2, 0) is 17.6 Å². The smallest absolute Gasteiger partial charge is 0.260 e. The summed E-state index contributed by atoms with van der Waals surface area (Å²) in [7, 11) is 0. The van der Waals surface area contributed by atoms with Crippen LogP contribution < -0.4 is 15.4 Å². The van der Waals surface area contributed by atoms with Gasteiger partial charge in [0.25, 0.3) is 5.91 Å². The molecule has 0 radical (unpaired) electrons. The van der Waals surface area contributed by atoms with Crippen LogP contribution in [0.15, 0.2) is 60.0 Å². The minimum Gasteiger partial charge on any atom is -0.481 e. The summed E-state index contributed by atoms with van der Waals surface area (Å²) >= 11 is 1.47. The number of amides is 1. The average Bonchev–Trinajstić information content (AvgIpc) is 3.07. The maximum Gasteiger partial charge on any atom is 0.260 e. The first-order valence-electron chi connectivity index (χ1n) is 9.47. The van der Waals surface area contributed by atoms with Crippen LogP contribution in [0.4, 0.5) is 5.69 Å². The van der Waals surface area contributed by atoms with Gasteiger partial charge in [-0.1, -0.05) is 48.9 Å². The van der Waals surface area contributed by atoms with Gasteiger partial charge in [-0.25, -0.2) is 0 Å². The molecule has 1 atom stereocenters. The molecule has 29 heavy (non-hydrogen) atoms. The van der Waals surface area contributed by atoms with E-state index in [0.29, 0.717) is 11.3 Å². The number of nitrogens with one attached hydrogen (secondary N) is 2. The van der Waals surface area contributed by atoms with Gasteiger partial charge in [0, 0.05) is 5.69 Å². The molecule has 1 saturated heterocycles. The van der Waals surface area contributed by atoms with E-state index < -0.39 is 0 Å². The molecule has 2 N–H and O–H groups in total. The summed E-state index contributed by atoms with van der Waals surface area (Å²) in [6, 6.07) is 14.0. The largest absolute Gasteiger partial charge is 0.481 e. The van der Waals surface area contributed by atoms with E-state index in [2.05, 4.69) is 42.2 Å². The van der Waals surface area contributed by atoms with E-state index in [0.717, 1.165) is 29.0 Å². The summed E-state index contributed by atoms with van der Waals surface area (Å²) in [6.07, 6.45) is 10.6. The summed E-state index contributed by atoms with van der Waals surface area (Å²) in [5.74, 6) is 3.12. The van der Waals surface area contributed by atoms with E-state index in [1.165, 1.54) is 17.3 Å². The summed E-state index contributed by atoms with van der Waals surface area (Å²) in [6.45, 7) is 6.14. The number of rotatable bonds is 8. The highest BCUT2D eigenvalue weighted by Gasteiger charge is 2.27. The number of carbonyl (C=O) groups excluding carboxylic acids is 1. The van der Waals surface area contributed by atoms with Gasteiger partial charge >= 0.3 is 0 Å². The fourth-order valence-corrected chi connectivity index (χ4v) is 3.95. The van der Waals surface area contributed by atoms with Crippen molar-refractivity contribution in [1.82, 2.24) is 5.32 Å². The second kappa shape index (κ2) is 9.90. The number of thioether (sulfide) groups is 1. The Balaban J connectivity index is 1.72. The molecule has 1 aliphatic rings. The highest BCUT2D eigenvalue weighted by atomic mass is 32.2. The molecule has 2 aromatic carbocycles. The van der Waals surface area contributed by atoms with Crippen LogP contribution in [0.2, 0.25) is 0 Å². The van der Waals surface area contributed by atoms with Crippen LogP contribution in [0.5, 0.6) is 5.75 Å². The number of allylic oxidation sites excluding steroid dienone is 1. The van der Waals surface area contributed by atoms with Gasteiger partial charge in [-0.05, 0) is 59.9 Å². The number of carbonyl (C=O) groups is 1. The lowest BCUT2D eigenvalue weighted by Gasteiger charge is -2.13. The Labute approximate surface area is 176 Å². The third-order valence-electron chi connectivity index (χ3n) is 4.45. The second-order valence-corrected chi connectivity index (χ2v) is 7.67. The van der Waals surface area contributed by atoms with Gasteiger partial charge in [0.1, 0.15) is 12.4 Å². The molecule has 4 nitrogen and oxygen atoms in total. The van der Waals surface area contributed by atoms with Crippen LogP contribution in [0.25, 0.3) is 6.08 Å². The lowest BCUT2D eigenvalue weighted by atomic mass is 10.1. The zero-order valence-electron chi connectivity index (χ0n) is 16.4. The standard InChI is InChI=1S/C24H24N2O2S/c1-4-7-19-15-18(10-13-21(19)28-14-5-2)16-22-23(27)26-24(29-22)25-20-11-8-17(6-3)9-12-20/h2,4,8-13,15-16,24-25H,1,6-7,14H2,3H3,(H,26,27)/b22-16-/t24-/m1/s1. The molecule has 0 bridgehead atoms.